The van der Waals surface area contributed by atoms with Crippen molar-refractivity contribution >= 4 is 11.6 Å². The van der Waals surface area contributed by atoms with Gasteiger partial charge in [-0.3, -0.25) is 4.79 Å². The molecule has 0 spiro atoms. The Labute approximate surface area is 123 Å². The summed E-state index contributed by atoms with van der Waals surface area (Å²) in [6.45, 7) is 2.19. The molecule has 3 rings (SSSR count). The van der Waals surface area contributed by atoms with Crippen molar-refractivity contribution in [3.05, 3.63) is 53.6 Å². The standard InChI is InChI=1S/C17H17NO3/c1-11-6-7-14(9-15(11)19)18-17(20)13-8-12-4-2-3-5-16(12)21-10-13/h2-7,9,13,19H,8,10H2,1H3,(H,18,20). The van der Waals surface area contributed by atoms with E-state index in [-0.39, 0.29) is 17.6 Å². The van der Waals surface area contributed by atoms with Crippen LogP contribution in [0.25, 0.3) is 0 Å². The van der Waals surface area contributed by atoms with Gasteiger partial charge in [0.15, 0.2) is 0 Å². The van der Waals surface area contributed by atoms with Gasteiger partial charge in [-0.05, 0) is 36.6 Å². The second kappa shape index (κ2) is 5.48. The number of benzene rings is 2. The van der Waals surface area contributed by atoms with E-state index in [1.54, 1.807) is 18.2 Å². The molecule has 0 aliphatic carbocycles. The first-order valence-electron chi connectivity index (χ1n) is 6.94. The fourth-order valence-corrected chi connectivity index (χ4v) is 2.43. The molecule has 1 aliphatic rings. The Morgan fingerprint density at radius 2 is 2.10 bits per heavy atom. The van der Waals surface area contributed by atoms with Crippen molar-refractivity contribution in [3.63, 3.8) is 0 Å². The van der Waals surface area contributed by atoms with Crippen molar-refractivity contribution < 1.29 is 14.6 Å². The predicted molar refractivity (Wildman–Crippen MR) is 80.6 cm³/mol. The van der Waals surface area contributed by atoms with Gasteiger partial charge < -0.3 is 15.2 Å². The number of fused-ring (bicyclic) bond motifs is 1. The number of phenols is 1. The quantitative estimate of drug-likeness (QED) is 0.891. The van der Waals surface area contributed by atoms with E-state index in [1.165, 1.54) is 0 Å². The number of nitrogens with one attached hydrogen (secondary N) is 1. The van der Waals surface area contributed by atoms with Crippen LogP contribution in [0.1, 0.15) is 11.1 Å². The monoisotopic (exact) mass is 283 g/mol. The summed E-state index contributed by atoms with van der Waals surface area (Å²) >= 11 is 0. The number of hydrogen-bond donors (Lipinski definition) is 2. The highest BCUT2D eigenvalue weighted by atomic mass is 16.5. The second-order valence-corrected chi connectivity index (χ2v) is 5.31. The second-order valence-electron chi connectivity index (χ2n) is 5.31. The summed E-state index contributed by atoms with van der Waals surface area (Å²) in [5, 5.41) is 12.5. The molecule has 0 saturated carbocycles. The van der Waals surface area contributed by atoms with Gasteiger partial charge >= 0.3 is 0 Å². The van der Waals surface area contributed by atoms with Gasteiger partial charge in [0.1, 0.15) is 18.1 Å². The SMILES string of the molecule is Cc1ccc(NC(=O)C2COc3ccccc3C2)cc1O. The summed E-state index contributed by atoms with van der Waals surface area (Å²) in [5.41, 5.74) is 2.43. The Balaban J connectivity index is 1.70. The van der Waals surface area contributed by atoms with Crippen LogP contribution in [0.5, 0.6) is 11.5 Å². The van der Waals surface area contributed by atoms with Crippen molar-refractivity contribution in [1.82, 2.24) is 0 Å². The van der Waals surface area contributed by atoms with E-state index < -0.39 is 0 Å². The van der Waals surface area contributed by atoms with E-state index in [2.05, 4.69) is 5.32 Å². The maximum atomic E-state index is 12.3. The molecule has 0 saturated heterocycles. The molecule has 1 atom stereocenters. The van der Waals surface area contributed by atoms with Crippen LogP contribution in [-0.2, 0) is 11.2 Å². The van der Waals surface area contributed by atoms with Crippen LogP contribution >= 0.6 is 0 Å². The molecule has 4 heteroatoms. The Hall–Kier alpha value is -2.49. The van der Waals surface area contributed by atoms with Crippen molar-refractivity contribution in [1.29, 1.82) is 0 Å². The highest BCUT2D eigenvalue weighted by molar-refractivity contribution is 5.93. The number of rotatable bonds is 2. The number of carbonyl (C=O) groups excluding carboxylic acids is 1. The fraction of sp³-hybridized carbons (Fsp3) is 0.235. The number of carbonyl (C=O) groups is 1. The minimum Gasteiger partial charge on any atom is -0.508 e. The summed E-state index contributed by atoms with van der Waals surface area (Å²) in [6, 6.07) is 12.9. The van der Waals surface area contributed by atoms with E-state index in [0.717, 1.165) is 16.9 Å². The zero-order valence-electron chi connectivity index (χ0n) is 11.8. The van der Waals surface area contributed by atoms with E-state index in [4.69, 9.17) is 4.74 Å². The maximum Gasteiger partial charge on any atom is 0.231 e. The van der Waals surface area contributed by atoms with Gasteiger partial charge in [-0.15, -0.1) is 0 Å². The molecular formula is C17H17NO3. The van der Waals surface area contributed by atoms with Crippen LogP contribution in [0, 0.1) is 12.8 Å². The van der Waals surface area contributed by atoms with Crippen LogP contribution in [0.3, 0.4) is 0 Å². The van der Waals surface area contributed by atoms with Gasteiger partial charge in [-0.2, -0.15) is 0 Å². The highest BCUT2D eigenvalue weighted by Gasteiger charge is 2.25. The molecular weight excluding hydrogens is 266 g/mol. The third-order valence-electron chi connectivity index (χ3n) is 3.73. The number of phenolic OH excluding ortho intramolecular Hbond substituents is 1. The topological polar surface area (TPSA) is 58.6 Å². The number of aromatic hydroxyl groups is 1. The molecule has 2 aromatic rings. The van der Waals surface area contributed by atoms with Gasteiger partial charge in [-0.1, -0.05) is 24.3 Å². The molecule has 2 N–H and O–H groups in total. The molecule has 0 fully saturated rings. The Kier molecular flexibility index (Phi) is 3.52. The van der Waals surface area contributed by atoms with Crippen LogP contribution < -0.4 is 10.1 Å². The average molecular weight is 283 g/mol. The van der Waals surface area contributed by atoms with Gasteiger partial charge in [0.2, 0.25) is 5.91 Å². The summed E-state index contributed by atoms with van der Waals surface area (Å²) in [6.07, 6.45) is 0.667. The highest BCUT2D eigenvalue weighted by Crippen LogP contribution is 2.28. The third-order valence-corrected chi connectivity index (χ3v) is 3.73. The first-order valence-corrected chi connectivity index (χ1v) is 6.94. The number of para-hydroxylation sites is 1. The minimum atomic E-state index is -0.219. The lowest BCUT2D eigenvalue weighted by atomic mass is 9.96. The minimum absolute atomic E-state index is 0.0900. The number of amides is 1. The molecule has 0 bridgehead atoms. The molecule has 0 aromatic heterocycles. The number of ether oxygens (including phenoxy) is 1. The van der Waals surface area contributed by atoms with Crippen LogP contribution in [-0.4, -0.2) is 17.6 Å². The molecule has 2 aromatic carbocycles. The van der Waals surface area contributed by atoms with Crippen molar-refractivity contribution in [2.45, 2.75) is 13.3 Å². The largest absolute Gasteiger partial charge is 0.508 e. The zero-order valence-corrected chi connectivity index (χ0v) is 11.8. The first kappa shape index (κ1) is 13.5. The average Bonchev–Trinajstić information content (AvgIpc) is 2.50. The van der Waals surface area contributed by atoms with Crippen molar-refractivity contribution in [2.24, 2.45) is 5.92 Å². The smallest absolute Gasteiger partial charge is 0.231 e. The van der Waals surface area contributed by atoms with E-state index in [0.29, 0.717) is 18.7 Å². The van der Waals surface area contributed by atoms with E-state index >= 15 is 0 Å². The number of hydrogen-bond acceptors (Lipinski definition) is 3. The fourth-order valence-electron chi connectivity index (χ4n) is 2.43. The lowest BCUT2D eigenvalue weighted by Crippen LogP contribution is -2.32. The Morgan fingerprint density at radius 3 is 2.90 bits per heavy atom. The lowest BCUT2D eigenvalue weighted by molar-refractivity contribution is -0.121. The van der Waals surface area contributed by atoms with Crippen molar-refractivity contribution in [2.75, 3.05) is 11.9 Å². The summed E-state index contributed by atoms with van der Waals surface area (Å²) in [4.78, 5) is 12.3. The molecule has 108 valence electrons. The van der Waals surface area contributed by atoms with E-state index in [9.17, 15) is 9.90 Å². The summed E-state index contributed by atoms with van der Waals surface area (Å²) < 4.78 is 5.63. The van der Waals surface area contributed by atoms with Gasteiger partial charge in [-0.25, -0.2) is 0 Å². The van der Waals surface area contributed by atoms with E-state index in [1.807, 2.05) is 31.2 Å². The van der Waals surface area contributed by atoms with Crippen molar-refractivity contribution in [3.8, 4) is 11.5 Å². The summed E-state index contributed by atoms with van der Waals surface area (Å²) in [7, 11) is 0. The molecule has 1 aliphatic heterocycles. The van der Waals surface area contributed by atoms with Gasteiger partial charge in [0.05, 0.1) is 5.92 Å². The Bertz CT molecular complexity index is 681. The van der Waals surface area contributed by atoms with Gasteiger partial charge in [0.25, 0.3) is 0 Å². The summed E-state index contributed by atoms with van der Waals surface area (Å²) in [5.74, 6) is 0.726. The van der Waals surface area contributed by atoms with Gasteiger partial charge in [0, 0.05) is 11.8 Å². The first-order chi connectivity index (χ1) is 10.1. The number of aryl methyl sites for hydroxylation is 1. The molecule has 21 heavy (non-hydrogen) atoms. The zero-order chi connectivity index (χ0) is 14.8. The Morgan fingerprint density at radius 1 is 1.29 bits per heavy atom. The maximum absolute atomic E-state index is 12.3. The lowest BCUT2D eigenvalue weighted by Gasteiger charge is -2.24. The predicted octanol–water partition coefficient (Wildman–Crippen LogP) is 2.89. The molecule has 1 heterocycles. The molecule has 4 nitrogen and oxygen atoms in total. The third kappa shape index (κ3) is 2.84. The normalized spacial score (nSPS) is 16.7. The van der Waals surface area contributed by atoms with Crippen LogP contribution in [0.2, 0.25) is 0 Å². The van der Waals surface area contributed by atoms with Crippen LogP contribution in [0.15, 0.2) is 42.5 Å². The molecule has 1 unspecified atom stereocenters. The number of anilines is 1. The molecule has 1 amide bonds. The molecule has 0 radical (unpaired) electrons. The van der Waals surface area contributed by atoms with Crippen LogP contribution in [0.4, 0.5) is 5.69 Å².